The van der Waals surface area contributed by atoms with E-state index < -0.39 is 0 Å². The van der Waals surface area contributed by atoms with Gasteiger partial charge in [-0.1, -0.05) is 6.07 Å². The summed E-state index contributed by atoms with van der Waals surface area (Å²) in [7, 11) is 0. The highest BCUT2D eigenvalue weighted by Crippen LogP contribution is 2.30. The van der Waals surface area contributed by atoms with E-state index in [4.69, 9.17) is 5.73 Å². The number of anilines is 1. The van der Waals surface area contributed by atoms with E-state index in [9.17, 15) is 4.79 Å². The molecule has 0 aromatic heterocycles. The third-order valence-corrected chi connectivity index (χ3v) is 2.96. The van der Waals surface area contributed by atoms with E-state index in [2.05, 4.69) is 37.2 Å². The minimum Gasteiger partial charge on any atom is -0.383 e. The molecule has 0 fully saturated rings. The van der Waals surface area contributed by atoms with Gasteiger partial charge >= 0.3 is 0 Å². The lowest BCUT2D eigenvalue weighted by atomic mass is 10.3. The second kappa shape index (κ2) is 5.36. The zero-order valence-corrected chi connectivity index (χ0v) is 10.6. The van der Waals surface area contributed by atoms with Crippen LogP contribution >= 0.6 is 31.9 Å². The summed E-state index contributed by atoms with van der Waals surface area (Å²) in [6.07, 6.45) is 0.327. The van der Waals surface area contributed by atoms with Gasteiger partial charge in [0.15, 0.2) is 0 Å². The monoisotopic (exact) mass is 320 g/mol. The molecule has 0 aliphatic rings. The molecule has 0 unspecified atom stereocenters. The number of nitrogens with one attached hydrogen (secondary N) is 1. The molecule has 0 aliphatic carbocycles. The molecule has 0 radical (unpaired) electrons. The van der Waals surface area contributed by atoms with Crippen LogP contribution in [0.5, 0.6) is 0 Å². The van der Waals surface area contributed by atoms with Crippen LogP contribution in [0.3, 0.4) is 0 Å². The highest BCUT2D eigenvalue weighted by molar-refractivity contribution is 9.11. The number of rotatable bonds is 4. The Labute approximate surface area is 99.3 Å². The maximum Gasteiger partial charge on any atom is 0.219 e. The van der Waals surface area contributed by atoms with Crippen molar-refractivity contribution in [2.75, 3.05) is 11.9 Å². The quantitative estimate of drug-likeness (QED) is 0.895. The van der Waals surface area contributed by atoms with E-state index in [1.54, 1.807) is 0 Å². The van der Waals surface area contributed by atoms with Gasteiger partial charge in [-0.25, -0.2) is 0 Å². The molecule has 1 aromatic rings. The zero-order valence-electron chi connectivity index (χ0n) is 7.39. The maximum atomic E-state index is 10.5. The number of halogens is 2. The fourth-order valence-corrected chi connectivity index (χ4v) is 2.26. The van der Waals surface area contributed by atoms with Crippen LogP contribution in [0, 0.1) is 0 Å². The predicted octanol–water partition coefficient (Wildman–Crippen LogP) is 2.50. The summed E-state index contributed by atoms with van der Waals surface area (Å²) in [5.41, 5.74) is 5.97. The predicted molar refractivity (Wildman–Crippen MR) is 64.1 cm³/mol. The van der Waals surface area contributed by atoms with Gasteiger partial charge in [-0.15, -0.1) is 0 Å². The van der Waals surface area contributed by atoms with Gasteiger partial charge in [0.1, 0.15) is 0 Å². The molecule has 0 bridgehead atoms. The summed E-state index contributed by atoms with van der Waals surface area (Å²) >= 11 is 6.81. The molecule has 0 heterocycles. The Morgan fingerprint density at radius 2 is 1.93 bits per heavy atom. The lowest BCUT2D eigenvalue weighted by molar-refractivity contribution is -0.117. The van der Waals surface area contributed by atoms with Crippen molar-refractivity contribution >= 4 is 43.5 Å². The fraction of sp³-hybridized carbons (Fsp3) is 0.222. The molecule has 0 atom stereocenters. The molecule has 14 heavy (non-hydrogen) atoms. The van der Waals surface area contributed by atoms with Gasteiger partial charge in [0.05, 0.1) is 5.69 Å². The van der Waals surface area contributed by atoms with Crippen LogP contribution in [-0.4, -0.2) is 12.5 Å². The lowest BCUT2D eigenvalue weighted by Crippen LogP contribution is -2.16. The van der Waals surface area contributed by atoms with Crippen molar-refractivity contribution in [1.82, 2.24) is 0 Å². The van der Waals surface area contributed by atoms with Crippen LogP contribution in [0.2, 0.25) is 0 Å². The Morgan fingerprint density at radius 3 is 2.43 bits per heavy atom. The second-order valence-corrected chi connectivity index (χ2v) is 4.45. The SMILES string of the molecule is NC(=O)CCNc1c(Br)cccc1Br. The number of hydrogen-bond acceptors (Lipinski definition) is 2. The summed E-state index contributed by atoms with van der Waals surface area (Å²) in [4.78, 5) is 10.5. The molecule has 76 valence electrons. The zero-order chi connectivity index (χ0) is 10.6. The first-order valence-electron chi connectivity index (χ1n) is 4.07. The maximum absolute atomic E-state index is 10.5. The number of carbonyl (C=O) groups excluding carboxylic acids is 1. The Morgan fingerprint density at radius 1 is 1.36 bits per heavy atom. The second-order valence-electron chi connectivity index (χ2n) is 2.74. The highest BCUT2D eigenvalue weighted by Gasteiger charge is 2.03. The third-order valence-electron chi connectivity index (χ3n) is 1.64. The first-order valence-corrected chi connectivity index (χ1v) is 5.66. The summed E-state index contributed by atoms with van der Waals surface area (Å²) in [6, 6.07) is 5.78. The van der Waals surface area contributed by atoms with Crippen molar-refractivity contribution < 1.29 is 4.79 Å². The van der Waals surface area contributed by atoms with Crippen molar-refractivity contribution in [3.63, 3.8) is 0 Å². The number of carbonyl (C=O) groups is 1. The summed E-state index contributed by atoms with van der Waals surface area (Å²) in [5, 5.41) is 3.12. The van der Waals surface area contributed by atoms with Crippen LogP contribution < -0.4 is 11.1 Å². The summed E-state index contributed by atoms with van der Waals surface area (Å²) in [6.45, 7) is 0.538. The van der Waals surface area contributed by atoms with Crippen molar-refractivity contribution in [2.45, 2.75) is 6.42 Å². The van der Waals surface area contributed by atoms with Gasteiger partial charge in [0, 0.05) is 21.9 Å². The minimum absolute atomic E-state index is 0.305. The van der Waals surface area contributed by atoms with E-state index >= 15 is 0 Å². The van der Waals surface area contributed by atoms with Crippen molar-refractivity contribution in [1.29, 1.82) is 0 Å². The Kier molecular flexibility index (Phi) is 4.41. The van der Waals surface area contributed by atoms with E-state index in [0.717, 1.165) is 14.6 Å². The smallest absolute Gasteiger partial charge is 0.219 e. The molecular formula is C9H10Br2N2O. The van der Waals surface area contributed by atoms with Crippen molar-refractivity contribution in [3.05, 3.63) is 27.1 Å². The molecule has 1 aromatic carbocycles. The number of para-hydroxylation sites is 1. The molecular weight excluding hydrogens is 312 g/mol. The fourth-order valence-electron chi connectivity index (χ4n) is 0.977. The van der Waals surface area contributed by atoms with Gasteiger partial charge < -0.3 is 11.1 Å². The Hall–Kier alpha value is -0.550. The van der Waals surface area contributed by atoms with Crippen LogP contribution in [0.1, 0.15) is 6.42 Å². The van der Waals surface area contributed by atoms with Gasteiger partial charge in [-0.3, -0.25) is 4.79 Å². The molecule has 0 saturated heterocycles. The largest absolute Gasteiger partial charge is 0.383 e. The first-order chi connectivity index (χ1) is 6.61. The van der Waals surface area contributed by atoms with Crippen molar-refractivity contribution in [2.24, 2.45) is 5.73 Å². The van der Waals surface area contributed by atoms with Crippen LogP contribution in [0.15, 0.2) is 27.1 Å². The third kappa shape index (κ3) is 3.31. The molecule has 5 heteroatoms. The average Bonchev–Trinajstić information content (AvgIpc) is 2.09. The molecule has 0 aliphatic heterocycles. The van der Waals surface area contributed by atoms with Gasteiger partial charge in [0.25, 0.3) is 0 Å². The van der Waals surface area contributed by atoms with E-state index in [-0.39, 0.29) is 5.91 Å². The summed E-state index contributed by atoms with van der Waals surface area (Å²) < 4.78 is 1.91. The number of primary amides is 1. The first kappa shape index (κ1) is 11.5. The standard InChI is InChI=1S/C9H10Br2N2O/c10-6-2-1-3-7(11)9(6)13-5-4-8(12)14/h1-3,13H,4-5H2,(H2,12,14). The lowest BCUT2D eigenvalue weighted by Gasteiger charge is -2.09. The van der Waals surface area contributed by atoms with E-state index in [1.165, 1.54) is 0 Å². The van der Waals surface area contributed by atoms with E-state index in [0.29, 0.717) is 13.0 Å². The number of amides is 1. The number of hydrogen-bond donors (Lipinski definition) is 2. The Balaban J connectivity index is 2.62. The topological polar surface area (TPSA) is 55.1 Å². The van der Waals surface area contributed by atoms with Gasteiger partial charge in [-0.05, 0) is 44.0 Å². The van der Waals surface area contributed by atoms with Gasteiger partial charge in [0.2, 0.25) is 5.91 Å². The van der Waals surface area contributed by atoms with Crippen LogP contribution in [0.4, 0.5) is 5.69 Å². The van der Waals surface area contributed by atoms with E-state index in [1.807, 2.05) is 18.2 Å². The molecule has 3 nitrogen and oxygen atoms in total. The Bertz CT molecular complexity index is 321. The number of benzene rings is 1. The molecule has 0 saturated carbocycles. The molecule has 1 amide bonds. The average molecular weight is 322 g/mol. The summed E-state index contributed by atoms with van der Waals surface area (Å²) in [5.74, 6) is -0.305. The van der Waals surface area contributed by atoms with Crippen LogP contribution in [0.25, 0.3) is 0 Å². The normalized spacial score (nSPS) is 9.86. The minimum atomic E-state index is -0.305. The van der Waals surface area contributed by atoms with Crippen molar-refractivity contribution in [3.8, 4) is 0 Å². The molecule has 1 rings (SSSR count). The van der Waals surface area contributed by atoms with Gasteiger partial charge in [-0.2, -0.15) is 0 Å². The highest BCUT2D eigenvalue weighted by atomic mass is 79.9. The molecule has 3 N–H and O–H groups in total. The molecule has 0 spiro atoms. The van der Waals surface area contributed by atoms with Crippen LogP contribution in [-0.2, 0) is 4.79 Å². The number of nitrogens with two attached hydrogens (primary N) is 1.